The molecule has 0 amide bonds. The van der Waals surface area contributed by atoms with Gasteiger partial charge in [0.25, 0.3) is 0 Å². The zero-order valence-electron chi connectivity index (χ0n) is 10.9. The molecule has 1 atom stereocenters. The summed E-state index contributed by atoms with van der Waals surface area (Å²) in [4.78, 5) is 2.63. The summed E-state index contributed by atoms with van der Waals surface area (Å²) in [6, 6.07) is 0. The van der Waals surface area contributed by atoms with E-state index >= 15 is 0 Å². The summed E-state index contributed by atoms with van der Waals surface area (Å²) < 4.78 is 1.84. The Morgan fingerprint density at radius 1 is 1.61 bits per heavy atom. The van der Waals surface area contributed by atoms with Crippen molar-refractivity contribution in [2.24, 2.45) is 18.7 Å². The Morgan fingerprint density at radius 3 is 2.94 bits per heavy atom. The van der Waals surface area contributed by atoms with Crippen molar-refractivity contribution in [3.63, 3.8) is 0 Å². The zero-order valence-corrected chi connectivity index (χ0v) is 11.7. The van der Waals surface area contributed by atoms with Crippen LogP contribution in [0.2, 0.25) is 0 Å². The summed E-state index contributed by atoms with van der Waals surface area (Å²) >= 11 is 5.13. The predicted octanol–water partition coefficient (Wildman–Crippen LogP) is 0.571. The Morgan fingerprint density at radius 2 is 2.33 bits per heavy atom. The second-order valence-electron chi connectivity index (χ2n) is 4.91. The standard InChI is InChI=1S/C12H20N4OS/c1-8-10(11(13)18)12(15(2)14-8)16-5-3-4-9(6-16)7-17/h9,17H,3-7H2,1-2H3,(H2,13,18). The number of nitrogens with zero attached hydrogens (tertiary/aromatic N) is 3. The van der Waals surface area contributed by atoms with Crippen molar-refractivity contribution in [3.05, 3.63) is 11.3 Å². The van der Waals surface area contributed by atoms with Crippen LogP contribution in [0, 0.1) is 12.8 Å². The van der Waals surface area contributed by atoms with Crippen molar-refractivity contribution in [2.45, 2.75) is 19.8 Å². The number of rotatable bonds is 3. The molecule has 1 aliphatic heterocycles. The molecular formula is C12H20N4OS. The number of aliphatic hydroxyl groups is 1. The van der Waals surface area contributed by atoms with Gasteiger partial charge in [-0.05, 0) is 25.7 Å². The molecule has 0 saturated carbocycles. The maximum atomic E-state index is 9.31. The molecule has 18 heavy (non-hydrogen) atoms. The monoisotopic (exact) mass is 268 g/mol. The zero-order chi connectivity index (χ0) is 13.3. The Bertz CT molecular complexity index is 457. The topological polar surface area (TPSA) is 67.3 Å². The summed E-state index contributed by atoms with van der Waals surface area (Å²) in [7, 11) is 1.91. The van der Waals surface area contributed by atoms with E-state index in [-0.39, 0.29) is 6.61 Å². The van der Waals surface area contributed by atoms with Gasteiger partial charge in [-0.2, -0.15) is 5.10 Å². The normalized spacial score (nSPS) is 20.2. The van der Waals surface area contributed by atoms with E-state index in [1.165, 1.54) is 0 Å². The molecule has 3 N–H and O–H groups in total. The molecule has 6 heteroatoms. The number of aromatic nitrogens is 2. The molecule has 1 aromatic rings. The van der Waals surface area contributed by atoms with Gasteiger partial charge in [0.2, 0.25) is 0 Å². The number of anilines is 1. The third-order valence-electron chi connectivity index (χ3n) is 3.52. The first-order valence-corrected chi connectivity index (χ1v) is 6.64. The summed E-state index contributed by atoms with van der Waals surface area (Å²) in [5.74, 6) is 1.31. The lowest BCUT2D eigenvalue weighted by atomic mass is 9.98. The molecular weight excluding hydrogens is 248 g/mol. The maximum absolute atomic E-state index is 9.31. The quantitative estimate of drug-likeness (QED) is 0.785. The van der Waals surface area contributed by atoms with Gasteiger partial charge in [0.05, 0.1) is 11.3 Å². The second-order valence-corrected chi connectivity index (χ2v) is 5.35. The molecule has 100 valence electrons. The van der Waals surface area contributed by atoms with Crippen LogP contribution in [0.1, 0.15) is 24.1 Å². The third kappa shape index (κ3) is 2.35. The van der Waals surface area contributed by atoms with E-state index in [1.54, 1.807) is 0 Å². The highest BCUT2D eigenvalue weighted by Crippen LogP contribution is 2.27. The van der Waals surface area contributed by atoms with Gasteiger partial charge in [-0.25, -0.2) is 0 Å². The highest BCUT2D eigenvalue weighted by molar-refractivity contribution is 7.80. The number of nitrogens with two attached hydrogens (primary N) is 1. The van der Waals surface area contributed by atoms with E-state index in [4.69, 9.17) is 18.0 Å². The van der Waals surface area contributed by atoms with Crippen molar-refractivity contribution in [2.75, 3.05) is 24.6 Å². The van der Waals surface area contributed by atoms with Crippen LogP contribution < -0.4 is 10.6 Å². The third-order valence-corrected chi connectivity index (χ3v) is 3.72. The van der Waals surface area contributed by atoms with Crippen LogP contribution in [0.15, 0.2) is 0 Å². The first-order valence-electron chi connectivity index (χ1n) is 6.23. The molecule has 2 heterocycles. The van der Waals surface area contributed by atoms with E-state index in [1.807, 2.05) is 18.7 Å². The predicted molar refractivity (Wildman–Crippen MR) is 75.9 cm³/mol. The lowest BCUT2D eigenvalue weighted by Crippen LogP contribution is -2.38. The molecule has 0 radical (unpaired) electrons. The Kier molecular flexibility index (Phi) is 3.87. The fourth-order valence-corrected chi connectivity index (χ4v) is 2.94. The SMILES string of the molecule is Cc1nn(C)c(N2CCCC(CO)C2)c1C(N)=S. The highest BCUT2D eigenvalue weighted by Gasteiger charge is 2.26. The smallest absolute Gasteiger partial charge is 0.137 e. The number of thiocarbonyl (C=S) groups is 1. The molecule has 1 unspecified atom stereocenters. The number of aryl methyl sites for hydroxylation is 2. The maximum Gasteiger partial charge on any atom is 0.137 e. The van der Waals surface area contributed by atoms with Crippen LogP contribution in [0.25, 0.3) is 0 Å². The van der Waals surface area contributed by atoms with E-state index in [9.17, 15) is 5.11 Å². The molecule has 0 aliphatic carbocycles. The minimum atomic E-state index is 0.232. The molecule has 0 aromatic carbocycles. The summed E-state index contributed by atoms with van der Waals surface area (Å²) in [5.41, 5.74) is 7.54. The van der Waals surface area contributed by atoms with Gasteiger partial charge >= 0.3 is 0 Å². The molecule has 2 rings (SSSR count). The Hall–Kier alpha value is -1.14. The van der Waals surface area contributed by atoms with Crippen LogP contribution in [-0.4, -0.2) is 39.6 Å². The Balaban J connectivity index is 2.35. The van der Waals surface area contributed by atoms with Gasteiger partial charge in [-0.1, -0.05) is 12.2 Å². The largest absolute Gasteiger partial charge is 0.396 e. The van der Waals surface area contributed by atoms with Crippen molar-refractivity contribution in [1.29, 1.82) is 0 Å². The van der Waals surface area contributed by atoms with Crippen molar-refractivity contribution >= 4 is 23.0 Å². The van der Waals surface area contributed by atoms with Crippen LogP contribution in [0.4, 0.5) is 5.82 Å². The van der Waals surface area contributed by atoms with Gasteiger partial charge in [0.15, 0.2) is 0 Å². The first-order chi connectivity index (χ1) is 8.54. The van der Waals surface area contributed by atoms with Crippen LogP contribution >= 0.6 is 12.2 Å². The second kappa shape index (κ2) is 5.24. The average molecular weight is 268 g/mol. The fourth-order valence-electron chi connectivity index (χ4n) is 2.70. The van der Waals surface area contributed by atoms with Crippen molar-refractivity contribution in [3.8, 4) is 0 Å². The minimum Gasteiger partial charge on any atom is -0.396 e. The molecule has 1 fully saturated rings. The van der Waals surface area contributed by atoms with Crippen molar-refractivity contribution < 1.29 is 5.11 Å². The molecule has 0 bridgehead atoms. The average Bonchev–Trinajstić information content (AvgIpc) is 2.64. The van der Waals surface area contributed by atoms with Gasteiger partial charge in [-0.15, -0.1) is 0 Å². The fraction of sp³-hybridized carbons (Fsp3) is 0.667. The molecule has 1 aromatic heterocycles. The van der Waals surface area contributed by atoms with Gasteiger partial charge in [0, 0.05) is 26.7 Å². The number of aliphatic hydroxyl groups excluding tert-OH is 1. The van der Waals surface area contributed by atoms with Crippen LogP contribution in [0.3, 0.4) is 0 Å². The lowest BCUT2D eigenvalue weighted by Gasteiger charge is -2.33. The van der Waals surface area contributed by atoms with E-state index in [0.29, 0.717) is 10.9 Å². The molecule has 0 spiro atoms. The lowest BCUT2D eigenvalue weighted by molar-refractivity contribution is 0.208. The van der Waals surface area contributed by atoms with E-state index in [2.05, 4.69) is 10.00 Å². The highest BCUT2D eigenvalue weighted by atomic mass is 32.1. The molecule has 5 nitrogen and oxygen atoms in total. The Labute approximate surface area is 113 Å². The summed E-state index contributed by atoms with van der Waals surface area (Å²) in [6.45, 7) is 3.96. The summed E-state index contributed by atoms with van der Waals surface area (Å²) in [5, 5.41) is 13.7. The number of hydrogen-bond acceptors (Lipinski definition) is 4. The number of hydrogen-bond donors (Lipinski definition) is 2. The van der Waals surface area contributed by atoms with Crippen molar-refractivity contribution in [1.82, 2.24) is 9.78 Å². The molecule has 1 saturated heterocycles. The van der Waals surface area contributed by atoms with E-state index in [0.717, 1.165) is 43.0 Å². The van der Waals surface area contributed by atoms with E-state index < -0.39 is 0 Å². The van der Waals surface area contributed by atoms with Crippen LogP contribution in [0.5, 0.6) is 0 Å². The number of piperidine rings is 1. The van der Waals surface area contributed by atoms with Crippen LogP contribution in [-0.2, 0) is 7.05 Å². The van der Waals surface area contributed by atoms with Gasteiger partial charge in [-0.3, -0.25) is 4.68 Å². The van der Waals surface area contributed by atoms with Gasteiger partial charge < -0.3 is 15.7 Å². The van der Waals surface area contributed by atoms with Gasteiger partial charge in [0.1, 0.15) is 10.8 Å². The first kappa shape index (κ1) is 13.3. The summed E-state index contributed by atoms with van der Waals surface area (Å²) in [6.07, 6.45) is 2.15. The minimum absolute atomic E-state index is 0.232. The molecule has 1 aliphatic rings.